The van der Waals surface area contributed by atoms with Crippen LogP contribution in [0.1, 0.15) is 22.8 Å². The first-order chi connectivity index (χ1) is 12.5. The molecule has 2 N–H and O–H groups in total. The first-order valence-electron chi connectivity index (χ1n) is 7.70. The Labute approximate surface area is 159 Å². The Hall–Kier alpha value is -2.74. The number of aromatic hydroxyl groups is 1. The number of benzene rings is 2. The largest absolute Gasteiger partial charge is 0.503 e. The lowest BCUT2D eigenvalue weighted by atomic mass is 10.2. The number of amides is 1. The van der Waals surface area contributed by atoms with Crippen molar-refractivity contribution in [1.29, 1.82) is 0 Å². The Morgan fingerprint density at radius 3 is 2.58 bits per heavy atom. The minimum atomic E-state index is -0.398. The van der Waals surface area contributed by atoms with E-state index in [1.807, 2.05) is 6.92 Å². The minimum Gasteiger partial charge on any atom is -0.503 e. The van der Waals surface area contributed by atoms with Crippen LogP contribution in [0.15, 0.2) is 39.9 Å². The van der Waals surface area contributed by atoms with Gasteiger partial charge in [0.15, 0.2) is 23.0 Å². The van der Waals surface area contributed by atoms with Crippen molar-refractivity contribution in [3.63, 3.8) is 0 Å². The molecule has 0 aliphatic carbocycles. The van der Waals surface area contributed by atoms with E-state index < -0.39 is 5.91 Å². The van der Waals surface area contributed by atoms with Crippen molar-refractivity contribution in [2.24, 2.45) is 5.10 Å². The van der Waals surface area contributed by atoms with E-state index in [2.05, 4.69) is 26.5 Å². The highest BCUT2D eigenvalue weighted by molar-refractivity contribution is 9.10. The highest BCUT2D eigenvalue weighted by Crippen LogP contribution is 2.35. The summed E-state index contributed by atoms with van der Waals surface area (Å²) in [6, 6.07) is 8.09. The van der Waals surface area contributed by atoms with Gasteiger partial charge in [-0.2, -0.15) is 5.10 Å². The third kappa shape index (κ3) is 4.66. The van der Waals surface area contributed by atoms with Gasteiger partial charge in [-0.1, -0.05) is 0 Å². The van der Waals surface area contributed by atoms with Gasteiger partial charge in [0, 0.05) is 5.56 Å². The summed E-state index contributed by atoms with van der Waals surface area (Å²) in [7, 11) is 3.02. The van der Waals surface area contributed by atoms with Crippen LogP contribution in [-0.2, 0) is 0 Å². The second-order valence-electron chi connectivity index (χ2n) is 5.05. The predicted octanol–water partition coefficient (Wildman–Crippen LogP) is 3.33. The summed E-state index contributed by atoms with van der Waals surface area (Å²) in [6.07, 6.45) is 1.45. The SMILES string of the molecule is CCOc1cc(/C=N/NC(=O)c2ccc(OC)c(OC)c2)cc(Br)c1O. The van der Waals surface area contributed by atoms with Crippen molar-refractivity contribution in [2.75, 3.05) is 20.8 Å². The molecule has 0 aromatic heterocycles. The summed E-state index contributed by atoms with van der Waals surface area (Å²) in [5.41, 5.74) is 3.46. The lowest BCUT2D eigenvalue weighted by Crippen LogP contribution is -2.17. The van der Waals surface area contributed by atoms with Gasteiger partial charge in [-0.15, -0.1) is 0 Å². The number of halogens is 1. The second kappa shape index (κ2) is 9.10. The molecule has 0 radical (unpaired) electrons. The molecule has 8 heteroatoms. The fourth-order valence-electron chi connectivity index (χ4n) is 2.14. The Balaban J connectivity index is 2.12. The van der Waals surface area contributed by atoms with Gasteiger partial charge in [-0.05, 0) is 58.7 Å². The number of hydrazone groups is 1. The van der Waals surface area contributed by atoms with Crippen LogP contribution in [-0.4, -0.2) is 38.1 Å². The van der Waals surface area contributed by atoms with E-state index in [-0.39, 0.29) is 5.75 Å². The number of hydrogen-bond acceptors (Lipinski definition) is 6. The first-order valence-corrected chi connectivity index (χ1v) is 8.50. The quantitative estimate of drug-likeness (QED) is 0.527. The number of ether oxygens (including phenoxy) is 3. The van der Waals surface area contributed by atoms with Gasteiger partial charge in [0.2, 0.25) is 0 Å². The first kappa shape index (κ1) is 19.6. The van der Waals surface area contributed by atoms with Crippen LogP contribution in [0.3, 0.4) is 0 Å². The van der Waals surface area contributed by atoms with E-state index in [4.69, 9.17) is 14.2 Å². The molecule has 0 spiro atoms. The molecular weight excluding hydrogens is 404 g/mol. The molecule has 0 aliphatic heterocycles. The molecule has 2 rings (SSSR count). The number of methoxy groups -OCH3 is 2. The topological polar surface area (TPSA) is 89.4 Å². The van der Waals surface area contributed by atoms with Crippen molar-refractivity contribution in [3.05, 3.63) is 45.9 Å². The molecule has 0 aliphatic rings. The van der Waals surface area contributed by atoms with Crippen LogP contribution in [0.4, 0.5) is 0 Å². The van der Waals surface area contributed by atoms with Crippen molar-refractivity contribution in [1.82, 2.24) is 5.43 Å². The molecule has 0 fully saturated rings. The summed E-state index contributed by atoms with van der Waals surface area (Å²) in [4.78, 5) is 12.2. The number of rotatable bonds is 7. The van der Waals surface area contributed by atoms with E-state index in [9.17, 15) is 9.90 Å². The molecular formula is C18H19BrN2O5. The predicted molar refractivity (Wildman–Crippen MR) is 102 cm³/mol. The monoisotopic (exact) mass is 422 g/mol. The average molecular weight is 423 g/mol. The molecule has 1 amide bonds. The molecule has 0 saturated carbocycles. The van der Waals surface area contributed by atoms with Crippen molar-refractivity contribution >= 4 is 28.1 Å². The maximum absolute atomic E-state index is 12.2. The lowest BCUT2D eigenvalue weighted by molar-refractivity contribution is 0.0954. The Bertz CT molecular complexity index is 823. The molecule has 2 aromatic rings. The molecule has 138 valence electrons. The summed E-state index contributed by atoms with van der Waals surface area (Å²) in [5, 5.41) is 13.8. The third-order valence-corrected chi connectivity index (χ3v) is 3.98. The fraction of sp³-hybridized carbons (Fsp3) is 0.222. The Morgan fingerprint density at radius 1 is 1.19 bits per heavy atom. The maximum atomic E-state index is 12.2. The van der Waals surface area contributed by atoms with E-state index in [0.717, 1.165) is 0 Å². The molecule has 0 bridgehead atoms. The van der Waals surface area contributed by atoms with E-state index in [1.54, 1.807) is 30.3 Å². The number of phenols is 1. The van der Waals surface area contributed by atoms with Crippen molar-refractivity contribution in [3.8, 4) is 23.0 Å². The highest BCUT2D eigenvalue weighted by atomic mass is 79.9. The zero-order valence-electron chi connectivity index (χ0n) is 14.6. The molecule has 0 unspecified atom stereocenters. The number of carbonyl (C=O) groups is 1. The van der Waals surface area contributed by atoms with Crippen molar-refractivity contribution in [2.45, 2.75) is 6.92 Å². The molecule has 0 heterocycles. The molecule has 0 atom stereocenters. The van der Waals surface area contributed by atoms with Gasteiger partial charge in [0.05, 0.1) is 31.5 Å². The maximum Gasteiger partial charge on any atom is 0.271 e. The standard InChI is InChI=1S/C18H19BrN2O5/c1-4-26-16-8-11(7-13(19)17(16)22)10-20-21-18(23)12-5-6-14(24-2)15(9-12)25-3/h5-10,22H,4H2,1-3H3,(H,21,23)/b20-10+. The van der Waals surface area contributed by atoms with Crippen molar-refractivity contribution < 1.29 is 24.1 Å². The summed E-state index contributed by atoms with van der Waals surface area (Å²) >= 11 is 3.25. The second-order valence-corrected chi connectivity index (χ2v) is 5.91. The number of nitrogens with zero attached hydrogens (tertiary/aromatic N) is 1. The minimum absolute atomic E-state index is 0.0124. The van der Waals surface area contributed by atoms with Gasteiger partial charge in [-0.25, -0.2) is 5.43 Å². The summed E-state index contributed by atoms with van der Waals surface area (Å²) in [6.45, 7) is 2.23. The van der Waals surface area contributed by atoms with Crippen LogP contribution in [0.5, 0.6) is 23.0 Å². The van der Waals surface area contributed by atoms with Gasteiger partial charge >= 0.3 is 0 Å². The number of nitrogens with one attached hydrogen (secondary N) is 1. The summed E-state index contributed by atoms with van der Waals surface area (Å²) in [5.74, 6) is 0.927. The molecule has 7 nitrogen and oxygen atoms in total. The van der Waals surface area contributed by atoms with Crippen LogP contribution in [0.2, 0.25) is 0 Å². The van der Waals surface area contributed by atoms with Crippen LogP contribution >= 0.6 is 15.9 Å². The van der Waals surface area contributed by atoms with Gasteiger partial charge in [0.25, 0.3) is 5.91 Å². The third-order valence-electron chi connectivity index (χ3n) is 3.38. The highest BCUT2D eigenvalue weighted by Gasteiger charge is 2.11. The zero-order chi connectivity index (χ0) is 19.1. The van der Waals surface area contributed by atoms with E-state index in [1.165, 1.54) is 20.4 Å². The molecule has 26 heavy (non-hydrogen) atoms. The smallest absolute Gasteiger partial charge is 0.271 e. The van der Waals surface area contributed by atoms with Gasteiger partial charge in [0.1, 0.15) is 0 Å². The lowest BCUT2D eigenvalue weighted by Gasteiger charge is -2.09. The summed E-state index contributed by atoms with van der Waals surface area (Å²) < 4.78 is 16.1. The van der Waals surface area contributed by atoms with Crippen LogP contribution < -0.4 is 19.6 Å². The average Bonchev–Trinajstić information content (AvgIpc) is 2.65. The van der Waals surface area contributed by atoms with E-state index in [0.29, 0.717) is 39.5 Å². The number of hydrogen-bond donors (Lipinski definition) is 2. The van der Waals surface area contributed by atoms with E-state index >= 15 is 0 Å². The number of phenolic OH excluding ortho intramolecular Hbond substituents is 1. The van der Waals surface area contributed by atoms with Crippen LogP contribution in [0.25, 0.3) is 0 Å². The number of carbonyl (C=O) groups excluding carboxylic acids is 1. The van der Waals surface area contributed by atoms with Gasteiger partial charge in [-0.3, -0.25) is 4.79 Å². The Kier molecular flexibility index (Phi) is 6.85. The molecule has 2 aromatic carbocycles. The fourth-order valence-corrected chi connectivity index (χ4v) is 2.60. The Morgan fingerprint density at radius 2 is 1.92 bits per heavy atom. The normalized spacial score (nSPS) is 10.6. The zero-order valence-corrected chi connectivity index (χ0v) is 16.2. The van der Waals surface area contributed by atoms with Gasteiger partial charge < -0.3 is 19.3 Å². The molecule has 0 saturated heterocycles. The van der Waals surface area contributed by atoms with Crippen LogP contribution in [0, 0.1) is 0 Å².